The van der Waals surface area contributed by atoms with Crippen LogP contribution < -0.4 is 10.1 Å². The minimum atomic E-state index is -3.69. The predicted octanol–water partition coefficient (Wildman–Crippen LogP) is 3.72. The maximum absolute atomic E-state index is 13.9. The number of benzene rings is 3. The molecule has 2 aliphatic rings. The van der Waals surface area contributed by atoms with E-state index in [0.717, 1.165) is 6.26 Å². The predicted molar refractivity (Wildman–Crippen MR) is 163 cm³/mol. The third-order valence-corrected chi connectivity index (χ3v) is 9.04. The number of nitrogens with zero attached hydrogens (tertiary/aromatic N) is 2. The van der Waals surface area contributed by atoms with Crippen molar-refractivity contribution in [2.24, 2.45) is 5.92 Å². The molecule has 0 aliphatic carbocycles. The van der Waals surface area contributed by atoms with Crippen LogP contribution in [0.4, 0.5) is 0 Å². The second-order valence-corrected chi connectivity index (χ2v) is 13.6. The van der Waals surface area contributed by atoms with E-state index in [0.29, 0.717) is 29.9 Å². The van der Waals surface area contributed by atoms with Crippen LogP contribution in [-0.2, 0) is 19.4 Å². The van der Waals surface area contributed by atoms with E-state index in [2.05, 4.69) is 5.32 Å². The van der Waals surface area contributed by atoms with Crippen molar-refractivity contribution in [1.29, 1.82) is 0 Å². The van der Waals surface area contributed by atoms with Crippen molar-refractivity contribution in [3.05, 3.63) is 90.0 Å². The average Bonchev–Trinajstić information content (AvgIpc) is 3.57. The summed E-state index contributed by atoms with van der Waals surface area (Å²) in [7, 11) is -3.69. The van der Waals surface area contributed by atoms with Gasteiger partial charge in [0.1, 0.15) is 23.6 Å². The summed E-state index contributed by atoms with van der Waals surface area (Å²) in [4.78, 5) is 56.6. The lowest BCUT2D eigenvalue weighted by atomic mass is 10.0. The Kier molecular flexibility index (Phi) is 8.87. The Morgan fingerprint density at radius 2 is 1.55 bits per heavy atom. The molecule has 0 radical (unpaired) electrons. The molecule has 3 aromatic rings. The van der Waals surface area contributed by atoms with Gasteiger partial charge in [0.15, 0.2) is 15.6 Å². The Morgan fingerprint density at radius 1 is 0.909 bits per heavy atom. The average molecular weight is 618 g/mol. The molecular formula is C33H35N3O7S. The highest BCUT2D eigenvalue weighted by Gasteiger charge is 2.52. The lowest BCUT2D eigenvalue weighted by Gasteiger charge is -2.29. The van der Waals surface area contributed by atoms with Crippen LogP contribution in [0.15, 0.2) is 83.8 Å². The molecule has 2 heterocycles. The van der Waals surface area contributed by atoms with Crippen molar-refractivity contribution in [3.8, 4) is 11.5 Å². The molecule has 5 rings (SSSR count). The Hall–Kier alpha value is -4.51. The Balaban J connectivity index is 1.30. The topological polar surface area (TPSA) is 130 Å². The van der Waals surface area contributed by atoms with Gasteiger partial charge in [-0.2, -0.15) is 0 Å². The summed E-state index contributed by atoms with van der Waals surface area (Å²) in [5.74, 6) is -0.390. The van der Waals surface area contributed by atoms with E-state index >= 15 is 0 Å². The van der Waals surface area contributed by atoms with Gasteiger partial charge in [0.25, 0.3) is 11.8 Å². The normalized spacial score (nSPS) is 18.7. The molecule has 2 fully saturated rings. The summed E-state index contributed by atoms with van der Waals surface area (Å²) in [6, 6.07) is 19.4. The molecule has 0 saturated carbocycles. The molecular weight excluding hydrogens is 582 g/mol. The second kappa shape index (κ2) is 12.6. The van der Waals surface area contributed by atoms with Crippen LogP contribution in [0.5, 0.6) is 11.5 Å². The highest BCUT2D eigenvalue weighted by molar-refractivity contribution is 7.90. The molecule has 3 amide bonds. The summed E-state index contributed by atoms with van der Waals surface area (Å²) < 4.78 is 30.4. The van der Waals surface area contributed by atoms with Crippen LogP contribution in [-0.4, -0.2) is 79.2 Å². The maximum Gasteiger partial charge on any atom is 0.255 e. The molecule has 1 N–H and O–H groups in total. The summed E-state index contributed by atoms with van der Waals surface area (Å²) in [6.07, 6.45) is 1.75. The first-order valence-electron chi connectivity index (χ1n) is 14.5. The molecule has 2 unspecified atom stereocenters. The molecule has 0 bridgehead atoms. The van der Waals surface area contributed by atoms with E-state index in [1.165, 1.54) is 28.0 Å². The van der Waals surface area contributed by atoms with Gasteiger partial charge in [-0.15, -0.1) is 0 Å². The van der Waals surface area contributed by atoms with Gasteiger partial charge in [-0.3, -0.25) is 19.2 Å². The van der Waals surface area contributed by atoms with Crippen LogP contribution in [0.2, 0.25) is 0 Å². The quantitative estimate of drug-likeness (QED) is 0.387. The van der Waals surface area contributed by atoms with Crippen molar-refractivity contribution in [1.82, 2.24) is 15.1 Å². The smallest absolute Gasteiger partial charge is 0.255 e. The number of carbonyl (C=O) groups excluding carboxylic acids is 4. The van der Waals surface area contributed by atoms with Crippen LogP contribution in [0.1, 0.15) is 47.4 Å². The number of ether oxygens (including phenoxy) is 1. The standard InChI is InChI=1S/C33H35N3O7S/c1-21(2)19-26(34-31(38)22-13-15-24(16-14-22)43-23-9-5-4-6-10-23)33(40)35-18-17-27-30(35)28(37)20-36(27)32(39)25-11-7-8-12-29(25)44(3,41)42/h4-16,21,26-27,30H,17-20H2,1-3H3,(H,34,38)/t26-,27?,30?/m0/s1. The van der Waals surface area contributed by atoms with Crippen LogP contribution in [0.3, 0.4) is 0 Å². The summed E-state index contributed by atoms with van der Waals surface area (Å²) in [5.41, 5.74) is 0.350. The highest BCUT2D eigenvalue weighted by Crippen LogP contribution is 2.33. The van der Waals surface area contributed by atoms with E-state index in [9.17, 15) is 27.6 Å². The van der Waals surface area contributed by atoms with E-state index in [-0.39, 0.29) is 41.2 Å². The Morgan fingerprint density at radius 3 is 2.20 bits per heavy atom. The number of fused-ring (bicyclic) bond motifs is 1. The molecule has 0 aromatic heterocycles. The minimum Gasteiger partial charge on any atom is -0.457 e. The van der Waals surface area contributed by atoms with Crippen molar-refractivity contribution in [2.75, 3.05) is 19.3 Å². The number of rotatable bonds is 9. The first kappa shape index (κ1) is 30.9. The molecule has 3 atom stereocenters. The SMILES string of the molecule is CC(C)C[C@H](NC(=O)c1ccc(Oc2ccccc2)cc1)C(=O)N1CCC2C1C(=O)CN2C(=O)c1ccccc1S(C)(=O)=O. The molecule has 2 saturated heterocycles. The van der Waals surface area contributed by atoms with Gasteiger partial charge in [0.05, 0.1) is 23.0 Å². The molecule has 0 spiro atoms. The van der Waals surface area contributed by atoms with Crippen LogP contribution in [0, 0.1) is 5.92 Å². The number of carbonyl (C=O) groups is 4. The molecule has 10 nitrogen and oxygen atoms in total. The van der Waals surface area contributed by atoms with Crippen LogP contribution in [0.25, 0.3) is 0 Å². The lowest BCUT2D eigenvalue weighted by Crippen LogP contribution is -2.53. The van der Waals surface area contributed by atoms with Gasteiger partial charge in [0, 0.05) is 18.4 Å². The number of hydrogen-bond donors (Lipinski definition) is 1. The monoisotopic (exact) mass is 617 g/mol. The highest BCUT2D eigenvalue weighted by atomic mass is 32.2. The van der Waals surface area contributed by atoms with E-state index in [1.54, 1.807) is 30.3 Å². The van der Waals surface area contributed by atoms with E-state index in [4.69, 9.17) is 4.74 Å². The van der Waals surface area contributed by atoms with Crippen molar-refractivity contribution < 1.29 is 32.3 Å². The van der Waals surface area contributed by atoms with Crippen LogP contribution >= 0.6 is 0 Å². The number of amides is 3. The fourth-order valence-corrected chi connectivity index (χ4v) is 6.77. The first-order chi connectivity index (χ1) is 20.9. The summed E-state index contributed by atoms with van der Waals surface area (Å²) >= 11 is 0. The number of para-hydroxylation sites is 1. The Bertz CT molecular complexity index is 1670. The first-order valence-corrected chi connectivity index (χ1v) is 16.4. The van der Waals surface area contributed by atoms with E-state index < -0.39 is 39.8 Å². The fraction of sp³-hybridized carbons (Fsp3) is 0.333. The number of Topliss-reactive ketones (excluding diaryl/α,β-unsaturated/α-hetero) is 1. The lowest BCUT2D eigenvalue weighted by molar-refractivity contribution is -0.138. The van der Waals surface area contributed by atoms with Gasteiger partial charge in [-0.1, -0.05) is 44.2 Å². The molecule has 2 aliphatic heterocycles. The summed E-state index contributed by atoms with van der Waals surface area (Å²) in [5, 5.41) is 2.86. The van der Waals surface area contributed by atoms with Crippen molar-refractivity contribution in [3.63, 3.8) is 0 Å². The minimum absolute atomic E-state index is 0.00152. The largest absolute Gasteiger partial charge is 0.457 e. The molecule has 230 valence electrons. The number of sulfone groups is 1. The van der Waals surface area contributed by atoms with Gasteiger partial charge < -0.3 is 19.9 Å². The third kappa shape index (κ3) is 6.52. The van der Waals surface area contributed by atoms with Crippen molar-refractivity contribution in [2.45, 2.75) is 49.7 Å². The molecule has 11 heteroatoms. The summed E-state index contributed by atoms with van der Waals surface area (Å²) in [6.45, 7) is 3.88. The van der Waals surface area contributed by atoms with Gasteiger partial charge in [0.2, 0.25) is 5.91 Å². The Labute approximate surface area is 256 Å². The number of ketones is 1. The van der Waals surface area contributed by atoms with Gasteiger partial charge in [-0.25, -0.2) is 8.42 Å². The third-order valence-electron chi connectivity index (χ3n) is 7.89. The van der Waals surface area contributed by atoms with Crippen molar-refractivity contribution >= 4 is 33.3 Å². The zero-order valence-corrected chi connectivity index (χ0v) is 25.6. The number of likely N-dealkylation sites (tertiary alicyclic amines) is 2. The number of nitrogens with one attached hydrogen (secondary N) is 1. The number of hydrogen-bond acceptors (Lipinski definition) is 7. The molecule has 44 heavy (non-hydrogen) atoms. The van der Waals surface area contributed by atoms with E-state index in [1.807, 2.05) is 44.2 Å². The van der Waals surface area contributed by atoms with Gasteiger partial charge in [-0.05, 0) is 67.3 Å². The zero-order valence-electron chi connectivity index (χ0n) is 24.8. The zero-order chi connectivity index (χ0) is 31.6. The maximum atomic E-state index is 13.9. The fourth-order valence-electron chi connectivity index (χ4n) is 5.89. The second-order valence-electron chi connectivity index (χ2n) is 11.6. The van der Waals surface area contributed by atoms with Gasteiger partial charge >= 0.3 is 0 Å². The molecule has 3 aromatic carbocycles.